The fourth-order valence-corrected chi connectivity index (χ4v) is 1.52. The molecule has 0 saturated heterocycles. The Morgan fingerprint density at radius 2 is 2.06 bits per heavy atom. The third-order valence-corrected chi connectivity index (χ3v) is 2.36. The highest BCUT2D eigenvalue weighted by Gasteiger charge is 2.21. The number of rotatable bonds is 6. The minimum absolute atomic E-state index is 0.286. The highest BCUT2D eigenvalue weighted by Crippen LogP contribution is 2.04. The van der Waals surface area contributed by atoms with Crippen LogP contribution in [0.1, 0.15) is 12.5 Å². The molecule has 1 amide bonds. The second-order valence-electron chi connectivity index (χ2n) is 3.71. The molecule has 4 heteroatoms. The molecule has 0 bridgehead atoms. The van der Waals surface area contributed by atoms with E-state index in [4.69, 9.17) is 4.74 Å². The summed E-state index contributed by atoms with van der Waals surface area (Å²) in [5.41, 5.74) is 0.958. The summed E-state index contributed by atoms with van der Waals surface area (Å²) in [6.07, 6.45) is 1.54. The average Bonchev–Trinajstić information content (AvgIpc) is 2.39. The van der Waals surface area contributed by atoms with Crippen LogP contribution >= 0.6 is 0 Å². The Hall–Kier alpha value is -2.10. The number of carbonyl (C=O) groups is 2. The number of carbonyl (C=O) groups excluding carboxylic acids is 2. The largest absolute Gasteiger partial charge is 0.464 e. The Balaban J connectivity index is 2.74. The Morgan fingerprint density at radius 3 is 2.61 bits per heavy atom. The van der Waals surface area contributed by atoms with E-state index in [9.17, 15) is 9.59 Å². The molecule has 0 fully saturated rings. The summed E-state index contributed by atoms with van der Waals surface area (Å²) >= 11 is 0. The van der Waals surface area contributed by atoms with Crippen molar-refractivity contribution in [1.82, 2.24) is 5.32 Å². The van der Waals surface area contributed by atoms with Crippen molar-refractivity contribution in [1.29, 1.82) is 0 Å². The SMILES string of the molecule is C=CC(=O)N[C@@H](Cc1ccccc1)C(=O)OCC. The zero-order chi connectivity index (χ0) is 13.4. The molecule has 0 radical (unpaired) electrons. The lowest BCUT2D eigenvalue weighted by Crippen LogP contribution is -2.42. The first-order valence-corrected chi connectivity index (χ1v) is 5.80. The van der Waals surface area contributed by atoms with Gasteiger partial charge in [-0.05, 0) is 18.6 Å². The first-order valence-electron chi connectivity index (χ1n) is 5.80. The number of nitrogens with one attached hydrogen (secondary N) is 1. The summed E-state index contributed by atoms with van der Waals surface area (Å²) in [5.74, 6) is -0.819. The van der Waals surface area contributed by atoms with Crippen molar-refractivity contribution in [2.75, 3.05) is 6.61 Å². The van der Waals surface area contributed by atoms with Gasteiger partial charge in [-0.3, -0.25) is 4.79 Å². The van der Waals surface area contributed by atoms with Crippen LogP contribution in [-0.2, 0) is 20.7 Å². The summed E-state index contributed by atoms with van der Waals surface area (Å²) in [5, 5.41) is 2.57. The molecule has 0 aromatic heterocycles. The summed E-state index contributed by atoms with van der Waals surface area (Å²) in [7, 11) is 0. The average molecular weight is 247 g/mol. The van der Waals surface area contributed by atoms with Crippen LogP contribution in [0.4, 0.5) is 0 Å². The molecule has 1 aromatic carbocycles. The summed E-state index contributed by atoms with van der Waals surface area (Å²) in [6.45, 7) is 5.38. The van der Waals surface area contributed by atoms with Gasteiger partial charge in [0.2, 0.25) is 5.91 Å². The Bertz CT molecular complexity index is 414. The van der Waals surface area contributed by atoms with Crippen molar-refractivity contribution in [2.45, 2.75) is 19.4 Å². The molecule has 1 aromatic rings. The van der Waals surface area contributed by atoms with Gasteiger partial charge in [0.25, 0.3) is 0 Å². The second kappa shape index (κ2) is 7.27. The zero-order valence-electron chi connectivity index (χ0n) is 10.4. The smallest absolute Gasteiger partial charge is 0.328 e. The third kappa shape index (κ3) is 4.41. The van der Waals surface area contributed by atoms with E-state index in [1.54, 1.807) is 6.92 Å². The van der Waals surface area contributed by atoms with Crippen LogP contribution < -0.4 is 5.32 Å². The highest BCUT2D eigenvalue weighted by molar-refractivity contribution is 5.91. The van der Waals surface area contributed by atoms with Gasteiger partial charge in [0, 0.05) is 6.42 Å². The van der Waals surface area contributed by atoms with E-state index in [-0.39, 0.29) is 12.5 Å². The van der Waals surface area contributed by atoms with E-state index < -0.39 is 12.0 Å². The van der Waals surface area contributed by atoms with E-state index in [1.807, 2.05) is 30.3 Å². The van der Waals surface area contributed by atoms with E-state index >= 15 is 0 Å². The maximum absolute atomic E-state index is 11.7. The van der Waals surface area contributed by atoms with Crippen LogP contribution in [0.5, 0.6) is 0 Å². The molecule has 0 heterocycles. The molecule has 0 aliphatic carbocycles. The van der Waals surface area contributed by atoms with Crippen LogP contribution in [0, 0.1) is 0 Å². The maximum Gasteiger partial charge on any atom is 0.328 e. The molecule has 1 atom stereocenters. The summed E-state index contributed by atoms with van der Waals surface area (Å²) in [6, 6.07) is 8.77. The summed E-state index contributed by atoms with van der Waals surface area (Å²) < 4.78 is 4.93. The third-order valence-electron chi connectivity index (χ3n) is 2.36. The lowest BCUT2D eigenvalue weighted by molar-refractivity contribution is -0.146. The minimum Gasteiger partial charge on any atom is -0.464 e. The number of hydrogen-bond donors (Lipinski definition) is 1. The van der Waals surface area contributed by atoms with Gasteiger partial charge in [0.1, 0.15) is 6.04 Å². The lowest BCUT2D eigenvalue weighted by atomic mass is 10.1. The van der Waals surface area contributed by atoms with Gasteiger partial charge in [0.05, 0.1) is 6.61 Å². The Labute approximate surface area is 107 Å². The van der Waals surface area contributed by atoms with Crippen LogP contribution in [-0.4, -0.2) is 24.5 Å². The predicted octanol–water partition coefficient (Wildman–Crippen LogP) is 1.46. The first-order chi connectivity index (χ1) is 8.67. The fourth-order valence-electron chi connectivity index (χ4n) is 1.52. The molecular formula is C14H17NO3. The van der Waals surface area contributed by atoms with E-state index in [2.05, 4.69) is 11.9 Å². The van der Waals surface area contributed by atoms with Crippen molar-refractivity contribution in [3.05, 3.63) is 48.6 Å². The van der Waals surface area contributed by atoms with E-state index in [0.29, 0.717) is 6.42 Å². The quantitative estimate of drug-likeness (QED) is 0.611. The van der Waals surface area contributed by atoms with Gasteiger partial charge in [0.15, 0.2) is 0 Å². The number of benzene rings is 1. The minimum atomic E-state index is -0.683. The lowest BCUT2D eigenvalue weighted by Gasteiger charge is -2.16. The van der Waals surface area contributed by atoms with Gasteiger partial charge in [-0.25, -0.2) is 4.79 Å². The van der Waals surface area contributed by atoms with Crippen LogP contribution in [0.2, 0.25) is 0 Å². The van der Waals surface area contributed by atoms with Crippen LogP contribution in [0.25, 0.3) is 0 Å². The van der Waals surface area contributed by atoms with Crippen molar-refractivity contribution in [2.24, 2.45) is 0 Å². The van der Waals surface area contributed by atoms with Gasteiger partial charge in [-0.15, -0.1) is 0 Å². The van der Waals surface area contributed by atoms with E-state index in [0.717, 1.165) is 11.6 Å². The number of hydrogen-bond acceptors (Lipinski definition) is 3. The first kappa shape index (κ1) is 14.0. The Kier molecular flexibility index (Phi) is 5.64. The molecule has 0 unspecified atom stereocenters. The predicted molar refractivity (Wildman–Crippen MR) is 68.9 cm³/mol. The van der Waals surface area contributed by atoms with Crippen molar-refractivity contribution >= 4 is 11.9 Å². The van der Waals surface area contributed by atoms with E-state index in [1.165, 1.54) is 0 Å². The molecule has 1 N–H and O–H groups in total. The monoisotopic (exact) mass is 247 g/mol. The molecule has 1 rings (SSSR count). The van der Waals surface area contributed by atoms with Crippen molar-refractivity contribution in [3.63, 3.8) is 0 Å². The molecule has 4 nitrogen and oxygen atoms in total. The van der Waals surface area contributed by atoms with Gasteiger partial charge >= 0.3 is 5.97 Å². The van der Waals surface area contributed by atoms with Gasteiger partial charge < -0.3 is 10.1 Å². The molecule has 18 heavy (non-hydrogen) atoms. The van der Waals surface area contributed by atoms with Gasteiger partial charge in [-0.2, -0.15) is 0 Å². The zero-order valence-corrected chi connectivity index (χ0v) is 10.4. The molecule has 0 aliphatic rings. The highest BCUT2D eigenvalue weighted by atomic mass is 16.5. The second-order valence-corrected chi connectivity index (χ2v) is 3.71. The standard InChI is InChI=1S/C14H17NO3/c1-3-13(16)15-12(14(17)18-4-2)10-11-8-6-5-7-9-11/h3,5-9,12H,1,4,10H2,2H3,(H,15,16)/t12-/m0/s1. The van der Waals surface area contributed by atoms with Crippen molar-refractivity contribution in [3.8, 4) is 0 Å². The normalized spacial score (nSPS) is 11.4. The van der Waals surface area contributed by atoms with Crippen LogP contribution in [0.15, 0.2) is 43.0 Å². The molecule has 0 aliphatic heterocycles. The van der Waals surface area contributed by atoms with Crippen molar-refractivity contribution < 1.29 is 14.3 Å². The van der Waals surface area contributed by atoms with Gasteiger partial charge in [-0.1, -0.05) is 36.9 Å². The topological polar surface area (TPSA) is 55.4 Å². The molecule has 0 saturated carbocycles. The number of amides is 1. The number of esters is 1. The maximum atomic E-state index is 11.7. The van der Waals surface area contributed by atoms with Crippen LogP contribution in [0.3, 0.4) is 0 Å². The fraction of sp³-hybridized carbons (Fsp3) is 0.286. The number of ether oxygens (including phenoxy) is 1. The molecular weight excluding hydrogens is 230 g/mol. The molecule has 96 valence electrons. The summed E-state index contributed by atoms with van der Waals surface area (Å²) in [4.78, 5) is 23.0. The molecule has 0 spiro atoms. The Morgan fingerprint density at radius 1 is 1.39 bits per heavy atom.